The standard InChI is InChI=1S/C17H17ClN2O2S/c1-19-17(22)14-4-2-3-5-15(14)20-16(21)11-23-10-12-6-8-13(18)9-7-12/h2-9H,10-11H2,1H3,(H,19,22)(H,20,21). The molecule has 0 heterocycles. The quantitative estimate of drug-likeness (QED) is 0.839. The monoisotopic (exact) mass is 348 g/mol. The van der Waals surface area contributed by atoms with Crippen molar-refractivity contribution in [2.24, 2.45) is 0 Å². The second kappa shape index (κ2) is 8.60. The Hall–Kier alpha value is -1.98. The number of hydrogen-bond acceptors (Lipinski definition) is 3. The van der Waals surface area contributed by atoms with E-state index in [9.17, 15) is 9.59 Å². The summed E-state index contributed by atoms with van der Waals surface area (Å²) in [6.45, 7) is 0. The van der Waals surface area contributed by atoms with Crippen LogP contribution in [0.2, 0.25) is 5.02 Å². The van der Waals surface area contributed by atoms with Crippen molar-refractivity contribution in [3.8, 4) is 0 Å². The van der Waals surface area contributed by atoms with Gasteiger partial charge in [-0.1, -0.05) is 35.9 Å². The highest BCUT2D eigenvalue weighted by Crippen LogP contribution is 2.18. The number of anilines is 1. The molecule has 0 aliphatic heterocycles. The minimum atomic E-state index is -0.227. The predicted octanol–water partition coefficient (Wildman–Crippen LogP) is 3.57. The van der Waals surface area contributed by atoms with Crippen LogP contribution in [0.15, 0.2) is 48.5 Å². The lowest BCUT2D eigenvalue weighted by Crippen LogP contribution is -2.22. The van der Waals surface area contributed by atoms with Gasteiger partial charge in [0.2, 0.25) is 5.91 Å². The van der Waals surface area contributed by atoms with Crippen LogP contribution in [0.3, 0.4) is 0 Å². The summed E-state index contributed by atoms with van der Waals surface area (Å²) in [5.74, 6) is 0.668. The van der Waals surface area contributed by atoms with E-state index in [1.165, 1.54) is 11.8 Å². The summed E-state index contributed by atoms with van der Waals surface area (Å²) in [5.41, 5.74) is 2.08. The van der Waals surface area contributed by atoms with E-state index >= 15 is 0 Å². The Morgan fingerprint density at radius 1 is 1.09 bits per heavy atom. The first-order valence-corrected chi connectivity index (χ1v) is 8.56. The molecule has 2 N–H and O–H groups in total. The lowest BCUT2D eigenvalue weighted by atomic mass is 10.1. The molecule has 120 valence electrons. The van der Waals surface area contributed by atoms with Gasteiger partial charge in [0.1, 0.15) is 0 Å². The van der Waals surface area contributed by atoms with Gasteiger partial charge < -0.3 is 10.6 Å². The number of nitrogens with one attached hydrogen (secondary N) is 2. The minimum absolute atomic E-state index is 0.139. The Morgan fingerprint density at radius 2 is 1.78 bits per heavy atom. The summed E-state index contributed by atoms with van der Waals surface area (Å²) < 4.78 is 0. The van der Waals surface area contributed by atoms with Crippen molar-refractivity contribution >= 4 is 40.9 Å². The Kier molecular flexibility index (Phi) is 6.50. The van der Waals surface area contributed by atoms with E-state index < -0.39 is 0 Å². The number of thioether (sulfide) groups is 1. The van der Waals surface area contributed by atoms with Crippen LogP contribution in [0, 0.1) is 0 Å². The van der Waals surface area contributed by atoms with E-state index in [1.807, 2.05) is 24.3 Å². The molecule has 23 heavy (non-hydrogen) atoms. The Labute approximate surface area is 144 Å². The van der Waals surface area contributed by atoms with Crippen molar-refractivity contribution < 1.29 is 9.59 Å². The third-order valence-corrected chi connectivity index (χ3v) is 4.34. The van der Waals surface area contributed by atoms with Gasteiger partial charge in [0.25, 0.3) is 5.91 Å². The number of benzene rings is 2. The van der Waals surface area contributed by atoms with Crippen LogP contribution in [0.25, 0.3) is 0 Å². The molecule has 4 nitrogen and oxygen atoms in total. The zero-order valence-corrected chi connectivity index (χ0v) is 14.2. The Morgan fingerprint density at radius 3 is 2.48 bits per heavy atom. The van der Waals surface area contributed by atoms with Crippen molar-refractivity contribution in [3.05, 3.63) is 64.7 Å². The molecule has 0 bridgehead atoms. The zero-order valence-electron chi connectivity index (χ0n) is 12.6. The molecule has 0 radical (unpaired) electrons. The van der Waals surface area contributed by atoms with Crippen LogP contribution < -0.4 is 10.6 Å². The van der Waals surface area contributed by atoms with Gasteiger partial charge in [-0.2, -0.15) is 0 Å². The van der Waals surface area contributed by atoms with Crippen molar-refractivity contribution in [3.63, 3.8) is 0 Å². The molecular formula is C17H17ClN2O2S. The summed E-state index contributed by atoms with van der Waals surface area (Å²) >= 11 is 7.34. The summed E-state index contributed by atoms with van der Waals surface area (Å²) in [7, 11) is 1.56. The van der Waals surface area contributed by atoms with Crippen LogP contribution in [-0.4, -0.2) is 24.6 Å². The van der Waals surface area contributed by atoms with Gasteiger partial charge >= 0.3 is 0 Å². The first-order chi connectivity index (χ1) is 11.1. The van der Waals surface area contributed by atoms with Crippen molar-refractivity contribution in [2.75, 3.05) is 18.1 Å². The summed E-state index contributed by atoms with van der Waals surface area (Å²) in [6.07, 6.45) is 0. The number of para-hydroxylation sites is 1. The normalized spacial score (nSPS) is 10.2. The average Bonchev–Trinajstić information content (AvgIpc) is 2.56. The van der Waals surface area contributed by atoms with Crippen LogP contribution in [-0.2, 0) is 10.5 Å². The minimum Gasteiger partial charge on any atom is -0.355 e. The summed E-state index contributed by atoms with van der Waals surface area (Å²) in [5, 5.41) is 6.03. The fourth-order valence-corrected chi connectivity index (χ4v) is 2.87. The largest absolute Gasteiger partial charge is 0.355 e. The van der Waals surface area contributed by atoms with E-state index in [1.54, 1.807) is 31.3 Å². The first kappa shape index (κ1) is 17.4. The maximum absolute atomic E-state index is 12.0. The molecule has 2 rings (SSSR count). The van der Waals surface area contributed by atoms with Crippen LogP contribution in [0.5, 0.6) is 0 Å². The molecule has 2 aromatic rings. The van der Waals surface area contributed by atoms with Gasteiger partial charge in [-0.05, 0) is 29.8 Å². The third kappa shape index (κ3) is 5.30. The second-order valence-corrected chi connectivity index (χ2v) is 6.21. The highest BCUT2D eigenvalue weighted by Gasteiger charge is 2.11. The summed E-state index contributed by atoms with van der Waals surface area (Å²) in [4.78, 5) is 23.8. The molecule has 0 atom stereocenters. The molecular weight excluding hydrogens is 332 g/mol. The fraction of sp³-hybridized carbons (Fsp3) is 0.176. The van der Waals surface area contributed by atoms with Crippen LogP contribution in [0.4, 0.5) is 5.69 Å². The van der Waals surface area contributed by atoms with Gasteiger partial charge in [-0.15, -0.1) is 11.8 Å². The maximum Gasteiger partial charge on any atom is 0.253 e. The van der Waals surface area contributed by atoms with E-state index in [0.717, 1.165) is 11.3 Å². The predicted molar refractivity (Wildman–Crippen MR) is 96.1 cm³/mol. The van der Waals surface area contributed by atoms with Crippen LogP contribution in [0.1, 0.15) is 15.9 Å². The number of amides is 2. The van der Waals surface area contributed by atoms with Crippen molar-refractivity contribution in [1.82, 2.24) is 5.32 Å². The molecule has 2 aromatic carbocycles. The molecule has 0 saturated heterocycles. The molecule has 0 aliphatic carbocycles. The topological polar surface area (TPSA) is 58.2 Å². The smallest absolute Gasteiger partial charge is 0.253 e. The number of carbonyl (C=O) groups excluding carboxylic acids is 2. The molecule has 0 aliphatic rings. The molecule has 2 amide bonds. The first-order valence-electron chi connectivity index (χ1n) is 7.03. The fourth-order valence-electron chi connectivity index (χ4n) is 1.95. The van der Waals surface area contributed by atoms with Gasteiger partial charge in [0, 0.05) is 17.8 Å². The van der Waals surface area contributed by atoms with Crippen molar-refractivity contribution in [2.45, 2.75) is 5.75 Å². The van der Waals surface area contributed by atoms with Gasteiger partial charge in [0.15, 0.2) is 0 Å². The number of halogens is 1. The van der Waals surface area contributed by atoms with Crippen molar-refractivity contribution in [1.29, 1.82) is 0 Å². The van der Waals surface area contributed by atoms with E-state index in [4.69, 9.17) is 11.6 Å². The van der Waals surface area contributed by atoms with Gasteiger partial charge in [0.05, 0.1) is 17.0 Å². The number of carbonyl (C=O) groups is 2. The second-order valence-electron chi connectivity index (χ2n) is 4.79. The molecule has 0 fully saturated rings. The van der Waals surface area contributed by atoms with E-state index in [-0.39, 0.29) is 11.8 Å². The van der Waals surface area contributed by atoms with E-state index in [0.29, 0.717) is 22.0 Å². The maximum atomic E-state index is 12.0. The van der Waals surface area contributed by atoms with Gasteiger partial charge in [-0.25, -0.2) is 0 Å². The average molecular weight is 349 g/mol. The highest BCUT2D eigenvalue weighted by molar-refractivity contribution is 7.99. The zero-order chi connectivity index (χ0) is 16.7. The highest BCUT2D eigenvalue weighted by atomic mass is 35.5. The SMILES string of the molecule is CNC(=O)c1ccccc1NC(=O)CSCc1ccc(Cl)cc1. The molecule has 0 unspecified atom stereocenters. The number of rotatable bonds is 6. The molecule has 0 aromatic heterocycles. The van der Waals surface area contributed by atoms with E-state index in [2.05, 4.69) is 10.6 Å². The molecule has 0 spiro atoms. The number of hydrogen-bond donors (Lipinski definition) is 2. The lowest BCUT2D eigenvalue weighted by Gasteiger charge is -2.10. The summed E-state index contributed by atoms with van der Waals surface area (Å²) in [6, 6.07) is 14.5. The lowest BCUT2D eigenvalue weighted by molar-refractivity contribution is -0.113. The molecule has 0 saturated carbocycles. The Balaban J connectivity index is 1.88. The Bertz CT molecular complexity index is 689. The van der Waals surface area contributed by atoms with Gasteiger partial charge in [-0.3, -0.25) is 9.59 Å². The molecule has 6 heteroatoms. The third-order valence-electron chi connectivity index (χ3n) is 3.09. The van der Waals surface area contributed by atoms with Crippen LogP contribution >= 0.6 is 23.4 Å².